The smallest absolute Gasteiger partial charge is 0.334 e. The van der Waals surface area contributed by atoms with Crippen molar-refractivity contribution in [3.8, 4) is 0 Å². The molecule has 2 aromatic rings. The van der Waals surface area contributed by atoms with Crippen molar-refractivity contribution in [2.75, 3.05) is 19.0 Å². The quantitative estimate of drug-likeness (QED) is 0.613. The normalized spacial score (nSPS) is 10.8. The first-order valence-electron chi connectivity index (χ1n) is 6.55. The third-order valence-corrected chi connectivity index (χ3v) is 3.03. The van der Waals surface area contributed by atoms with E-state index >= 15 is 0 Å². The molecule has 0 fully saturated rings. The molecule has 0 atom stereocenters. The van der Waals surface area contributed by atoms with Crippen LogP contribution in [0.2, 0.25) is 0 Å². The van der Waals surface area contributed by atoms with Crippen molar-refractivity contribution in [1.82, 2.24) is 19.6 Å². The number of anilines is 2. The van der Waals surface area contributed by atoms with Gasteiger partial charge in [-0.1, -0.05) is 6.92 Å². The van der Waals surface area contributed by atoms with Gasteiger partial charge in [-0.25, -0.2) is 4.68 Å². The second kappa shape index (κ2) is 6.35. The standard InChI is InChI=1S/C12H18N6O3/c1-4-10-11(18(19)20)12(16(2)15-10)14-9-7-13-17(8-9)5-6-21-3/h7-8,14H,4-6H2,1-3H3. The summed E-state index contributed by atoms with van der Waals surface area (Å²) < 4.78 is 8.15. The monoisotopic (exact) mass is 294 g/mol. The molecule has 1 N–H and O–H groups in total. The van der Waals surface area contributed by atoms with Gasteiger partial charge >= 0.3 is 5.69 Å². The second-order valence-electron chi connectivity index (χ2n) is 4.49. The molecular formula is C12H18N6O3. The van der Waals surface area contributed by atoms with E-state index in [2.05, 4.69) is 15.5 Å². The van der Waals surface area contributed by atoms with Crippen molar-refractivity contribution in [3.63, 3.8) is 0 Å². The summed E-state index contributed by atoms with van der Waals surface area (Å²) in [6.45, 7) is 3.00. The Morgan fingerprint density at radius 3 is 2.90 bits per heavy atom. The van der Waals surface area contributed by atoms with Gasteiger partial charge in [0.15, 0.2) is 0 Å². The van der Waals surface area contributed by atoms with Crippen LogP contribution < -0.4 is 5.32 Å². The lowest BCUT2D eigenvalue weighted by Crippen LogP contribution is -2.04. The van der Waals surface area contributed by atoms with E-state index in [9.17, 15) is 10.1 Å². The number of hydrogen-bond donors (Lipinski definition) is 1. The molecule has 2 aromatic heterocycles. The largest absolute Gasteiger partial charge is 0.383 e. The van der Waals surface area contributed by atoms with Crippen LogP contribution in [-0.4, -0.2) is 38.2 Å². The Labute approximate surface area is 121 Å². The van der Waals surface area contributed by atoms with Crippen LogP contribution in [0, 0.1) is 10.1 Å². The predicted molar refractivity (Wildman–Crippen MR) is 76.6 cm³/mol. The molecule has 0 spiro atoms. The van der Waals surface area contributed by atoms with Crippen LogP contribution in [0.4, 0.5) is 17.2 Å². The summed E-state index contributed by atoms with van der Waals surface area (Å²) in [7, 11) is 3.29. The number of ether oxygens (including phenoxy) is 1. The lowest BCUT2D eigenvalue weighted by Gasteiger charge is -2.03. The third kappa shape index (κ3) is 3.19. The number of rotatable bonds is 7. The van der Waals surface area contributed by atoms with Crippen LogP contribution >= 0.6 is 0 Å². The number of aromatic nitrogens is 4. The van der Waals surface area contributed by atoms with Crippen LogP contribution in [-0.2, 0) is 24.8 Å². The minimum absolute atomic E-state index is 0.00430. The number of nitrogens with one attached hydrogen (secondary N) is 1. The maximum absolute atomic E-state index is 11.2. The second-order valence-corrected chi connectivity index (χ2v) is 4.49. The zero-order valence-corrected chi connectivity index (χ0v) is 12.2. The molecule has 0 aliphatic carbocycles. The molecule has 0 unspecified atom stereocenters. The number of hydrogen-bond acceptors (Lipinski definition) is 6. The first kappa shape index (κ1) is 15.0. The Hall–Kier alpha value is -2.42. The van der Waals surface area contributed by atoms with Gasteiger partial charge in [0, 0.05) is 20.4 Å². The molecule has 0 bridgehead atoms. The molecule has 0 saturated heterocycles. The number of methoxy groups -OCH3 is 1. The maximum atomic E-state index is 11.2. The topological polar surface area (TPSA) is 100 Å². The molecule has 0 radical (unpaired) electrons. The zero-order valence-electron chi connectivity index (χ0n) is 12.2. The Bertz CT molecular complexity index is 633. The average Bonchev–Trinajstić information content (AvgIpc) is 3.02. The van der Waals surface area contributed by atoms with Crippen LogP contribution in [0.5, 0.6) is 0 Å². The van der Waals surface area contributed by atoms with Gasteiger partial charge < -0.3 is 10.1 Å². The van der Waals surface area contributed by atoms with Gasteiger partial charge in [0.2, 0.25) is 5.82 Å². The lowest BCUT2D eigenvalue weighted by molar-refractivity contribution is -0.384. The first-order chi connectivity index (χ1) is 10.1. The van der Waals surface area contributed by atoms with Gasteiger partial charge in [-0.05, 0) is 6.42 Å². The molecule has 0 aliphatic rings. The zero-order chi connectivity index (χ0) is 15.4. The van der Waals surface area contributed by atoms with Gasteiger partial charge in [-0.15, -0.1) is 0 Å². The maximum Gasteiger partial charge on any atom is 0.334 e. The van der Waals surface area contributed by atoms with Crippen molar-refractivity contribution < 1.29 is 9.66 Å². The fourth-order valence-electron chi connectivity index (χ4n) is 2.01. The summed E-state index contributed by atoms with van der Waals surface area (Å²) in [5.74, 6) is 0.350. The fourth-order valence-corrected chi connectivity index (χ4v) is 2.01. The average molecular weight is 294 g/mol. The van der Waals surface area contributed by atoms with E-state index in [-0.39, 0.29) is 5.69 Å². The summed E-state index contributed by atoms with van der Waals surface area (Å²) in [6.07, 6.45) is 3.87. The Kier molecular flexibility index (Phi) is 4.53. The number of aryl methyl sites for hydroxylation is 2. The summed E-state index contributed by atoms with van der Waals surface area (Å²) in [4.78, 5) is 10.8. The highest BCUT2D eigenvalue weighted by Crippen LogP contribution is 2.30. The van der Waals surface area contributed by atoms with E-state index in [0.29, 0.717) is 36.8 Å². The van der Waals surface area contributed by atoms with Crippen molar-refractivity contribution in [3.05, 3.63) is 28.2 Å². The third-order valence-electron chi connectivity index (χ3n) is 3.03. The molecular weight excluding hydrogens is 276 g/mol. The minimum Gasteiger partial charge on any atom is -0.383 e. The SMILES string of the molecule is CCc1nn(C)c(Nc2cnn(CCOC)c2)c1[N+](=O)[O-]. The van der Waals surface area contributed by atoms with Gasteiger partial charge in [0.1, 0.15) is 5.69 Å². The van der Waals surface area contributed by atoms with E-state index in [1.54, 1.807) is 31.2 Å². The van der Waals surface area contributed by atoms with E-state index in [0.717, 1.165) is 0 Å². The molecule has 9 nitrogen and oxygen atoms in total. The van der Waals surface area contributed by atoms with E-state index in [4.69, 9.17) is 4.74 Å². The molecule has 114 valence electrons. The van der Waals surface area contributed by atoms with E-state index in [1.165, 1.54) is 4.68 Å². The fraction of sp³-hybridized carbons (Fsp3) is 0.500. The van der Waals surface area contributed by atoms with E-state index < -0.39 is 4.92 Å². The van der Waals surface area contributed by atoms with Crippen LogP contribution in [0.25, 0.3) is 0 Å². The minimum atomic E-state index is -0.413. The molecule has 2 heterocycles. The van der Waals surface area contributed by atoms with Crippen LogP contribution in [0.1, 0.15) is 12.6 Å². The molecule has 0 aliphatic heterocycles. The van der Waals surface area contributed by atoms with Gasteiger partial charge in [0.25, 0.3) is 0 Å². The summed E-state index contributed by atoms with van der Waals surface area (Å²) >= 11 is 0. The summed E-state index contributed by atoms with van der Waals surface area (Å²) in [5.41, 5.74) is 1.13. The Morgan fingerprint density at radius 2 is 2.29 bits per heavy atom. The van der Waals surface area contributed by atoms with Crippen molar-refractivity contribution in [2.45, 2.75) is 19.9 Å². The molecule has 2 rings (SSSR count). The van der Waals surface area contributed by atoms with Gasteiger partial charge in [-0.3, -0.25) is 14.8 Å². The Morgan fingerprint density at radius 1 is 1.52 bits per heavy atom. The molecule has 9 heteroatoms. The van der Waals surface area contributed by atoms with Crippen LogP contribution in [0.3, 0.4) is 0 Å². The molecule has 0 amide bonds. The highest BCUT2D eigenvalue weighted by atomic mass is 16.6. The number of nitrogens with zero attached hydrogens (tertiary/aromatic N) is 5. The van der Waals surface area contributed by atoms with Crippen molar-refractivity contribution in [1.29, 1.82) is 0 Å². The molecule has 0 saturated carbocycles. The highest BCUT2D eigenvalue weighted by molar-refractivity contribution is 5.67. The molecule has 0 aromatic carbocycles. The highest BCUT2D eigenvalue weighted by Gasteiger charge is 2.25. The Balaban J connectivity index is 2.24. The van der Waals surface area contributed by atoms with E-state index in [1.807, 2.05) is 6.92 Å². The van der Waals surface area contributed by atoms with Crippen molar-refractivity contribution >= 4 is 17.2 Å². The van der Waals surface area contributed by atoms with Gasteiger partial charge in [-0.2, -0.15) is 10.2 Å². The summed E-state index contributed by atoms with van der Waals surface area (Å²) in [5, 5.41) is 22.6. The summed E-state index contributed by atoms with van der Waals surface area (Å²) in [6, 6.07) is 0. The lowest BCUT2D eigenvalue weighted by atomic mass is 10.3. The first-order valence-corrected chi connectivity index (χ1v) is 6.55. The van der Waals surface area contributed by atoms with Crippen LogP contribution in [0.15, 0.2) is 12.4 Å². The van der Waals surface area contributed by atoms with Crippen molar-refractivity contribution in [2.24, 2.45) is 7.05 Å². The van der Waals surface area contributed by atoms with Gasteiger partial charge in [0.05, 0.1) is 30.0 Å². The predicted octanol–water partition coefficient (Wildman–Crippen LogP) is 1.48. The number of nitro groups is 1. The molecule has 21 heavy (non-hydrogen) atoms.